The van der Waals surface area contributed by atoms with Crippen molar-refractivity contribution in [3.63, 3.8) is 0 Å². The third kappa shape index (κ3) is 6.41. The fourth-order valence-electron chi connectivity index (χ4n) is 5.52. The number of nitrogens with two attached hydrogens (primary N) is 1. The highest BCUT2D eigenvalue weighted by molar-refractivity contribution is 5.99. The molecule has 1 fully saturated rings. The van der Waals surface area contributed by atoms with Crippen molar-refractivity contribution in [2.24, 2.45) is 5.73 Å². The van der Waals surface area contributed by atoms with E-state index < -0.39 is 59.9 Å². The summed E-state index contributed by atoms with van der Waals surface area (Å²) in [6.45, 7) is 6.77. The van der Waals surface area contributed by atoms with Gasteiger partial charge in [-0.1, -0.05) is 30.3 Å². The number of aromatic hydroxyl groups is 1. The minimum absolute atomic E-state index is 0.00865. The molecule has 0 spiro atoms. The third-order valence-electron chi connectivity index (χ3n) is 7.93. The van der Waals surface area contributed by atoms with E-state index in [1.54, 1.807) is 51.1 Å². The number of methoxy groups -OCH3 is 1. The lowest BCUT2D eigenvalue weighted by atomic mass is 9.89. The zero-order chi connectivity index (χ0) is 33.3. The highest BCUT2D eigenvalue weighted by Crippen LogP contribution is 2.38. The highest BCUT2D eigenvalue weighted by Gasteiger charge is 2.53. The van der Waals surface area contributed by atoms with Crippen LogP contribution in [0.1, 0.15) is 40.9 Å². The normalized spacial score (nSPS) is 20.7. The van der Waals surface area contributed by atoms with E-state index in [0.717, 1.165) is 5.56 Å². The number of aryl methyl sites for hydroxylation is 2. The molecule has 0 saturated carbocycles. The summed E-state index contributed by atoms with van der Waals surface area (Å²) in [5.41, 5.74) is 4.44. The second kappa shape index (κ2) is 12.8. The van der Waals surface area contributed by atoms with Crippen LogP contribution in [0.2, 0.25) is 0 Å². The number of primary amides is 1. The Kier molecular flexibility index (Phi) is 9.06. The van der Waals surface area contributed by atoms with Crippen molar-refractivity contribution >= 4 is 22.8 Å². The standard InChI is InChI=1S/C34H35NO11/c1-17-11-12-19(15-25(17)42-20-9-7-6-8-10-20)23(36)16-22-26(37)21-13-14-24(18(2)28(21)44-31(22)39)43-32-27(38)29(45-33(35)40)30(41-5)34(3,4)46-32/h6-15,27,29-30,32,37-38H,16H2,1-5H3,(H2,35,40)/t27-,29+,30-,32-/m1/s1. The summed E-state index contributed by atoms with van der Waals surface area (Å²) in [6, 6.07) is 17.0. The quantitative estimate of drug-likeness (QED) is 0.172. The summed E-state index contributed by atoms with van der Waals surface area (Å²) in [5, 5.41) is 22.3. The molecule has 1 saturated heterocycles. The largest absolute Gasteiger partial charge is 0.507 e. The summed E-state index contributed by atoms with van der Waals surface area (Å²) >= 11 is 0. The van der Waals surface area contributed by atoms with Crippen molar-refractivity contribution in [3.05, 3.63) is 93.3 Å². The third-order valence-corrected chi connectivity index (χ3v) is 7.93. The number of ether oxygens (including phenoxy) is 5. The number of benzene rings is 3. The van der Waals surface area contributed by atoms with Gasteiger partial charge in [0.2, 0.25) is 6.29 Å². The van der Waals surface area contributed by atoms with Crippen LogP contribution in [0, 0.1) is 13.8 Å². The Bertz CT molecular complexity index is 1830. The maximum Gasteiger partial charge on any atom is 0.404 e. The summed E-state index contributed by atoms with van der Waals surface area (Å²) in [6.07, 6.45) is -6.47. The molecule has 2 heterocycles. The number of fused-ring (bicyclic) bond motifs is 1. The monoisotopic (exact) mass is 633 g/mol. The lowest BCUT2D eigenvalue weighted by Gasteiger charge is -2.47. The molecule has 0 radical (unpaired) electrons. The Hall–Kier alpha value is -4.91. The van der Waals surface area contributed by atoms with E-state index >= 15 is 0 Å². The summed E-state index contributed by atoms with van der Waals surface area (Å²) in [4.78, 5) is 37.9. The van der Waals surface area contributed by atoms with Crippen molar-refractivity contribution in [1.82, 2.24) is 0 Å². The van der Waals surface area contributed by atoms with Crippen LogP contribution < -0.4 is 20.8 Å². The molecule has 12 heteroatoms. The van der Waals surface area contributed by atoms with Crippen LogP contribution >= 0.6 is 0 Å². The van der Waals surface area contributed by atoms with Gasteiger partial charge in [0.1, 0.15) is 34.7 Å². The minimum Gasteiger partial charge on any atom is -0.507 e. The van der Waals surface area contributed by atoms with Gasteiger partial charge in [-0.25, -0.2) is 9.59 Å². The molecule has 4 atom stereocenters. The molecule has 12 nitrogen and oxygen atoms in total. The zero-order valence-electron chi connectivity index (χ0n) is 25.9. The number of carbonyl (C=O) groups is 2. The van der Waals surface area contributed by atoms with Gasteiger partial charge < -0.3 is 44.0 Å². The predicted molar refractivity (Wildman–Crippen MR) is 165 cm³/mol. The van der Waals surface area contributed by atoms with E-state index in [2.05, 4.69) is 0 Å². The van der Waals surface area contributed by atoms with Crippen LogP contribution in [0.4, 0.5) is 4.79 Å². The molecule has 4 N–H and O–H groups in total. The Morgan fingerprint density at radius 2 is 1.74 bits per heavy atom. The van der Waals surface area contributed by atoms with E-state index in [0.29, 0.717) is 22.6 Å². The number of hydrogen-bond donors (Lipinski definition) is 3. The maximum absolute atomic E-state index is 13.3. The van der Waals surface area contributed by atoms with Crippen LogP contribution in [-0.2, 0) is 20.6 Å². The fraction of sp³-hybridized carbons (Fsp3) is 0.324. The van der Waals surface area contributed by atoms with Crippen molar-refractivity contribution in [2.75, 3.05) is 7.11 Å². The van der Waals surface area contributed by atoms with Crippen molar-refractivity contribution in [2.45, 2.75) is 64.3 Å². The molecule has 5 rings (SSSR count). The van der Waals surface area contributed by atoms with Gasteiger partial charge in [0.05, 0.1) is 16.6 Å². The van der Waals surface area contributed by atoms with E-state index in [4.69, 9.17) is 33.8 Å². The van der Waals surface area contributed by atoms with Gasteiger partial charge in [-0.3, -0.25) is 4.79 Å². The minimum atomic E-state index is -1.50. The van der Waals surface area contributed by atoms with E-state index in [1.807, 2.05) is 25.1 Å². The first-order valence-corrected chi connectivity index (χ1v) is 14.5. The van der Waals surface area contributed by atoms with Crippen LogP contribution in [0.3, 0.4) is 0 Å². The average Bonchev–Trinajstić information content (AvgIpc) is 3.00. The smallest absolute Gasteiger partial charge is 0.404 e. The molecule has 242 valence electrons. The number of amides is 1. The Morgan fingerprint density at radius 3 is 2.41 bits per heavy atom. The number of aliphatic hydroxyl groups is 1. The van der Waals surface area contributed by atoms with Crippen LogP contribution in [0.5, 0.6) is 23.0 Å². The molecule has 1 aromatic heterocycles. The van der Waals surface area contributed by atoms with Gasteiger partial charge in [0.25, 0.3) is 0 Å². The van der Waals surface area contributed by atoms with Gasteiger partial charge in [-0.15, -0.1) is 0 Å². The Morgan fingerprint density at radius 1 is 1.02 bits per heavy atom. The predicted octanol–water partition coefficient (Wildman–Crippen LogP) is 4.69. The molecule has 3 aromatic carbocycles. The van der Waals surface area contributed by atoms with Gasteiger partial charge in [-0.05, 0) is 63.6 Å². The van der Waals surface area contributed by atoms with Gasteiger partial charge in [0, 0.05) is 24.7 Å². The van der Waals surface area contributed by atoms with Crippen molar-refractivity contribution in [3.8, 4) is 23.0 Å². The second-order valence-corrected chi connectivity index (χ2v) is 11.5. The highest BCUT2D eigenvalue weighted by atomic mass is 16.7. The van der Waals surface area contributed by atoms with Crippen molar-refractivity contribution < 1.29 is 47.9 Å². The maximum atomic E-state index is 13.3. The van der Waals surface area contributed by atoms with Gasteiger partial charge in [0.15, 0.2) is 18.0 Å². The second-order valence-electron chi connectivity index (χ2n) is 11.5. The molecule has 4 aromatic rings. The molecule has 0 bridgehead atoms. The number of para-hydroxylation sites is 1. The number of aliphatic hydroxyl groups excluding tert-OH is 1. The molecule has 0 unspecified atom stereocenters. The first-order valence-electron chi connectivity index (χ1n) is 14.5. The lowest BCUT2D eigenvalue weighted by molar-refractivity contribution is -0.304. The first-order chi connectivity index (χ1) is 21.8. The van der Waals surface area contributed by atoms with Crippen LogP contribution in [0.25, 0.3) is 11.0 Å². The molecule has 46 heavy (non-hydrogen) atoms. The Balaban J connectivity index is 1.41. The number of rotatable bonds is 9. The molecular formula is C34H35NO11. The number of carbonyl (C=O) groups excluding carboxylic acids is 2. The number of Topliss-reactive ketones (excluding diaryl/α,β-unsaturated/α-hetero) is 1. The van der Waals surface area contributed by atoms with E-state index in [9.17, 15) is 24.6 Å². The van der Waals surface area contributed by atoms with Crippen LogP contribution in [0.15, 0.2) is 69.9 Å². The molecule has 0 aliphatic carbocycles. The molecule has 1 aliphatic rings. The Labute approximate surface area is 264 Å². The first kappa shape index (κ1) is 32.5. The molecule has 1 amide bonds. The lowest BCUT2D eigenvalue weighted by Crippen LogP contribution is -2.65. The zero-order valence-corrected chi connectivity index (χ0v) is 25.9. The molecule has 1 aliphatic heterocycles. The number of ketones is 1. The average molecular weight is 634 g/mol. The van der Waals surface area contributed by atoms with E-state index in [-0.39, 0.29) is 22.3 Å². The summed E-state index contributed by atoms with van der Waals surface area (Å²) < 4.78 is 34.0. The SMILES string of the molecule is CO[C@@H]1[C@@H](OC(N)=O)[C@@H](O)[C@H](Oc2ccc3c(O)c(CC(=O)c4ccc(C)c(Oc5ccccc5)c4)c(=O)oc3c2C)OC1(C)C. The van der Waals surface area contributed by atoms with E-state index in [1.165, 1.54) is 19.2 Å². The topological polar surface area (TPSA) is 177 Å². The number of hydrogen-bond acceptors (Lipinski definition) is 11. The fourth-order valence-corrected chi connectivity index (χ4v) is 5.52. The van der Waals surface area contributed by atoms with Crippen LogP contribution in [-0.4, -0.2) is 59.4 Å². The summed E-state index contributed by atoms with van der Waals surface area (Å²) in [7, 11) is 1.38. The van der Waals surface area contributed by atoms with Gasteiger partial charge >= 0.3 is 11.7 Å². The summed E-state index contributed by atoms with van der Waals surface area (Å²) in [5.74, 6) is 0.404. The molecular weight excluding hydrogens is 598 g/mol. The van der Waals surface area contributed by atoms with Gasteiger partial charge in [-0.2, -0.15) is 0 Å². The van der Waals surface area contributed by atoms with Crippen molar-refractivity contribution in [1.29, 1.82) is 0 Å².